The smallest absolute Gasteiger partial charge is 0.255 e. The van der Waals surface area contributed by atoms with Gasteiger partial charge in [-0.25, -0.2) is 4.98 Å². The van der Waals surface area contributed by atoms with Crippen molar-refractivity contribution >= 4 is 17.5 Å². The molecule has 0 saturated carbocycles. The number of amides is 1. The number of hydrogen-bond acceptors (Lipinski definition) is 7. The molecular formula is C22H30N4O5. The molecule has 1 fully saturated rings. The highest BCUT2D eigenvalue weighted by Gasteiger charge is 2.17. The van der Waals surface area contributed by atoms with Crippen LogP contribution < -0.4 is 25.2 Å². The van der Waals surface area contributed by atoms with E-state index in [0.717, 1.165) is 0 Å². The monoisotopic (exact) mass is 430 g/mol. The van der Waals surface area contributed by atoms with E-state index in [1.54, 1.807) is 25.1 Å². The number of H-pyrrole nitrogens is 1. The number of ether oxygens (including phenoxy) is 3. The minimum Gasteiger partial charge on any atom is -0.494 e. The minimum absolute atomic E-state index is 0.146. The molecule has 2 heterocycles. The van der Waals surface area contributed by atoms with Crippen LogP contribution in [0.3, 0.4) is 0 Å². The van der Waals surface area contributed by atoms with Gasteiger partial charge in [0, 0.05) is 36.8 Å². The summed E-state index contributed by atoms with van der Waals surface area (Å²) in [6.45, 7) is 9.17. The number of anilines is 2. The summed E-state index contributed by atoms with van der Waals surface area (Å²) in [5, 5.41) is 2.87. The number of hydrogen-bond donors (Lipinski definition) is 2. The van der Waals surface area contributed by atoms with Crippen LogP contribution in [0.5, 0.6) is 11.5 Å². The van der Waals surface area contributed by atoms with Crippen molar-refractivity contribution in [1.29, 1.82) is 0 Å². The first-order chi connectivity index (χ1) is 15.0. The molecule has 1 aromatic carbocycles. The van der Waals surface area contributed by atoms with Gasteiger partial charge in [-0.3, -0.25) is 14.6 Å². The van der Waals surface area contributed by atoms with Gasteiger partial charge in [0.25, 0.3) is 5.56 Å². The van der Waals surface area contributed by atoms with Gasteiger partial charge >= 0.3 is 0 Å². The standard InChI is InChI=1S/C22H30N4O5/c1-4-30-16-6-8-19(31-5-2)18(14-16)24-20(27)9-7-17-15(3)23-22(25-21(17)28)26-10-12-29-13-11-26/h6,8,14H,4-5,7,9-13H2,1-3H3,(H,24,27)(H,23,25,28). The second-order valence-electron chi connectivity index (χ2n) is 7.13. The molecule has 31 heavy (non-hydrogen) atoms. The molecule has 0 unspecified atom stereocenters. The van der Waals surface area contributed by atoms with Crippen LogP contribution in [0.1, 0.15) is 31.5 Å². The number of benzene rings is 1. The van der Waals surface area contributed by atoms with E-state index in [2.05, 4.69) is 15.3 Å². The van der Waals surface area contributed by atoms with Gasteiger partial charge < -0.3 is 24.4 Å². The molecule has 0 atom stereocenters. The van der Waals surface area contributed by atoms with Gasteiger partial charge in [0.2, 0.25) is 11.9 Å². The second kappa shape index (κ2) is 10.8. The van der Waals surface area contributed by atoms with E-state index in [-0.39, 0.29) is 17.9 Å². The predicted octanol–water partition coefficient (Wildman–Crippen LogP) is 2.28. The molecule has 0 spiro atoms. The van der Waals surface area contributed by atoms with Gasteiger partial charge in [-0.1, -0.05) is 0 Å². The van der Waals surface area contributed by atoms with Crippen LogP contribution in [0.2, 0.25) is 0 Å². The molecular weight excluding hydrogens is 400 g/mol. The molecule has 2 N–H and O–H groups in total. The zero-order chi connectivity index (χ0) is 22.2. The van der Waals surface area contributed by atoms with Crippen LogP contribution in [0.15, 0.2) is 23.0 Å². The summed E-state index contributed by atoms with van der Waals surface area (Å²) in [5.74, 6) is 1.56. The molecule has 1 aromatic heterocycles. The van der Waals surface area contributed by atoms with Gasteiger partial charge in [0.1, 0.15) is 11.5 Å². The van der Waals surface area contributed by atoms with Gasteiger partial charge in [0.15, 0.2) is 0 Å². The van der Waals surface area contributed by atoms with Crippen molar-refractivity contribution in [1.82, 2.24) is 9.97 Å². The highest BCUT2D eigenvalue weighted by atomic mass is 16.5. The molecule has 3 rings (SSSR count). The molecule has 168 valence electrons. The minimum atomic E-state index is -0.217. The number of rotatable bonds is 9. The lowest BCUT2D eigenvalue weighted by atomic mass is 10.1. The van der Waals surface area contributed by atoms with E-state index in [0.29, 0.717) is 80.3 Å². The Hall–Kier alpha value is -3.07. The van der Waals surface area contributed by atoms with Crippen LogP contribution in [-0.4, -0.2) is 55.4 Å². The van der Waals surface area contributed by atoms with Gasteiger partial charge in [-0.15, -0.1) is 0 Å². The fourth-order valence-electron chi connectivity index (χ4n) is 3.41. The van der Waals surface area contributed by atoms with Crippen molar-refractivity contribution in [2.24, 2.45) is 0 Å². The quantitative estimate of drug-likeness (QED) is 0.629. The molecule has 0 bridgehead atoms. The molecule has 9 heteroatoms. The van der Waals surface area contributed by atoms with Gasteiger partial charge in [-0.2, -0.15) is 0 Å². The number of aromatic nitrogens is 2. The van der Waals surface area contributed by atoms with E-state index in [1.807, 2.05) is 18.7 Å². The molecule has 2 aromatic rings. The topological polar surface area (TPSA) is 106 Å². The molecule has 1 amide bonds. The van der Waals surface area contributed by atoms with E-state index >= 15 is 0 Å². The van der Waals surface area contributed by atoms with Gasteiger partial charge in [-0.05, 0) is 39.3 Å². The van der Waals surface area contributed by atoms with Crippen LogP contribution in [0.4, 0.5) is 11.6 Å². The summed E-state index contributed by atoms with van der Waals surface area (Å²) in [4.78, 5) is 34.6. The SMILES string of the molecule is CCOc1ccc(OCC)c(NC(=O)CCc2c(C)nc(N3CCOCC3)[nH]c2=O)c1. The Balaban J connectivity index is 1.67. The van der Waals surface area contributed by atoms with Crippen molar-refractivity contribution < 1.29 is 19.0 Å². The third-order valence-corrected chi connectivity index (χ3v) is 4.96. The fourth-order valence-corrected chi connectivity index (χ4v) is 3.41. The van der Waals surface area contributed by atoms with Crippen molar-refractivity contribution in [3.8, 4) is 11.5 Å². The molecule has 0 radical (unpaired) electrons. The maximum absolute atomic E-state index is 12.6. The third kappa shape index (κ3) is 5.97. The number of carbonyl (C=O) groups excluding carboxylic acids is 1. The summed E-state index contributed by atoms with van der Waals surface area (Å²) < 4.78 is 16.4. The zero-order valence-corrected chi connectivity index (χ0v) is 18.3. The fraction of sp³-hybridized carbons (Fsp3) is 0.500. The number of nitrogens with one attached hydrogen (secondary N) is 2. The zero-order valence-electron chi connectivity index (χ0n) is 18.3. The second-order valence-corrected chi connectivity index (χ2v) is 7.13. The van der Waals surface area contributed by atoms with E-state index in [4.69, 9.17) is 14.2 Å². The number of nitrogens with zero attached hydrogens (tertiary/aromatic N) is 2. The molecule has 1 aliphatic rings. The van der Waals surface area contributed by atoms with Crippen molar-refractivity contribution in [2.75, 3.05) is 49.7 Å². The maximum Gasteiger partial charge on any atom is 0.255 e. The van der Waals surface area contributed by atoms with Crippen LogP contribution >= 0.6 is 0 Å². The van der Waals surface area contributed by atoms with Crippen LogP contribution in [-0.2, 0) is 16.0 Å². The van der Waals surface area contributed by atoms with Crippen LogP contribution in [0, 0.1) is 6.92 Å². The van der Waals surface area contributed by atoms with E-state index in [9.17, 15) is 9.59 Å². The first-order valence-corrected chi connectivity index (χ1v) is 10.6. The van der Waals surface area contributed by atoms with Crippen molar-refractivity contribution in [3.63, 3.8) is 0 Å². The molecule has 1 aliphatic heterocycles. The average molecular weight is 431 g/mol. The molecule has 0 aliphatic carbocycles. The number of aromatic amines is 1. The first-order valence-electron chi connectivity index (χ1n) is 10.6. The Bertz CT molecular complexity index is 953. The Morgan fingerprint density at radius 1 is 1.23 bits per heavy atom. The highest BCUT2D eigenvalue weighted by molar-refractivity contribution is 5.92. The number of aryl methyl sites for hydroxylation is 1. The van der Waals surface area contributed by atoms with Crippen molar-refractivity contribution in [3.05, 3.63) is 39.8 Å². The summed E-state index contributed by atoms with van der Waals surface area (Å²) in [6, 6.07) is 5.31. The molecule has 9 nitrogen and oxygen atoms in total. The lowest BCUT2D eigenvalue weighted by Crippen LogP contribution is -2.38. The summed E-state index contributed by atoms with van der Waals surface area (Å²) >= 11 is 0. The number of morpholine rings is 1. The van der Waals surface area contributed by atoms with Crippen LogP contribution in [0.25, 0.3) is 0 Å². The Morgan fingerprint density at radius 2 is 1.97 bits per heavy atom. The average Bonchev–Trinajstić information content (AvgIpc) is 2.76. The predicted molar refractivity (Wildman–Crippen MR) is 118 cm³/mol. The van der Waals surface area contributed by atoms with E-state index < -0.39 is 0 Å². The summed E-state index contributed by atoms with van der Waals surface area (Å²) in [7, 11) is 0. The van der Waals surface area contributed by atoms with E-state index in [1.165, 1.54) is 0 Å². The largest absolute Gasteiger partial charge is 0.494 e. The van der Waals surface area contributed by atoms with Gasteiger partial charge in [0.05, 0.1) is 32.1 Å². The Kier molecular flexibility index (Phi) is 7.88. The first kappa shape index (κ1) is 22.6. The third-order valence-electron chi connectivity index (χ3n) is 4.96. The van der Waals surface area contributed by atoms with Crippen molar-refractivity contribution in [2.45, 2.75) is 33.6 Å². The lowest BCUT2D eigenvalue weighted by molar-refractivity contribution is -0.116. The molecule has 1 saturated heterocycles. The maximum atomic E-state index is 12.6. The summed E-state index contributed by atoms with van der Waals surface area (Å²) in [5.41, 5.74) is 1.48. The Labute approximate surface area is 181 Å². The highest BCUT2D eigenvalue weighted by Crippen LogP contribution is 2.29. The number of carbonyl (C=O) groups is 1. The summed E-state index contributed by atoms with van der Waals surface area (Å²) in [6.07, 6.45) is 0.436. The Morgan fingerprint density at radius 3 is 2.65 bits per heavy atom. The lowest BCUT2D eigenvalue weighted by Gasteiger charge is -2.27. The normalized spacial score (nSPS) is 13.7.